The fourth-order valence-electron chi connectivity index (χ4n) is 3.53. The number of benzene rings is 2. The lowest BCUT2D eigenvalue weighted by Gasteiger charge is -2.20. The summed E-state index contributed by atoms with van der Waals surface area (Å²) in [7, 11) is 0. The van der Waals surface area contributed by atoms with Gasteiger partial charge >= 0.3 is 0 Å². The molecule has 0 unspecified atom stereocenters. The highest BCUT2D eigenvalue weighted by Crippen LogP contribution is 2.24. The maximum absolute atomic E-state index is 12.9. The van der Waals surface area contributed by atoms with Crippen LogP contribution in [0.4, 0.5) is 0 Å². The quantitative estimate of drug-likeness (QED) is 0.544. The van der Waals surface area contributed by atoms with Crippen molar-refractivity contribution in [3.8, 4) is 0 Å². The van der Waals surface area contributed by atoms with Crippen molar-refractivity contribution >= 4 is 27.8 Å². The maximum Gasteiger partial charge on any atom is 0.258 e. The van der Waals surface area contributed by atoms with Crippen LogP contribution in [0.2, 0.25) is 0 Å². The monoisotopic (exact) mass is 389 g/mol. The standard InChI is InChI=1S/C23H23N3O3/c1-3-15-9-10-17-16(14-29-20(17)11-15)12-22(27)26(4-2)13-21-24-19-8-6-5-7-18(19)23(28)25-21/h5-11,14H,3-4,12-13H2,1-2H3,(H,24,25,28). The van der Waals surface area contributed by atoms with Crippen molar-refractivity contribution in [2.24, 2.45) is 0 Å². The maximum atomic E-state index is 12.9. The number of hydrogen-bond donors (Lipinski definition) is 1. The number of aryl methyl sites for hydroxylation is 1. The summed E-state index contributed by atoms with van der Waals surface area (Å²) in [4.78, 5) is 34.2. The molecule has 0 saturated heterocycles. The van der Waals surface area contributed by atoms with Crippen LogP contribution in [0.3, 0.4) is 0 Å². The number of nitrogens with zero attached hydrogens (tertiary/aromatic N) is 2. The molecule has 1 N–H and O–H groups in total. The van der Waals surface area contributed by atoms with Crippen molar-refractivity contribution in [1.82, 2.24) is 14.9 Å². The number of aromatic amines is 1. The Hall–Kier alpha value is -3.41. The third-order valence-electron chi connectivity index (χ3n) is 5.21. The van der Waals surface area contributed by atoms with Gasteiger partial charge in [0.15, 0.2) is 0 Å². The second kappa shape index (κ2) is 7.91. The van der Waals surface area contributed by atoms with Gasteiger partial charge < -0.3 is 14.3 Å². The van der Waals surface area contributed by atoms with Crippen LogP contribution in [-0.2, 0) is 24.2 Å². The summed E-state index contributed by atoms with van der Waals surface area (Å²) in [5.74, 6) is 0.444. The molecule has 4 aromatic rings. The molecule has 2 heterocycles. The molecule has 0 radical (unpaired) electrons. The van der Waals surface area contributed by atoms with Crippen molar-refractivity contribution in [1.29, 1.82) is 0 Å². The average molecular weight is 389 g/mol. The highest BCUT2D eigenvalue weighted by atomic mass is 16.3. The van der Waals surface area contributed by atoms with Crippen LogP contribution in [0, 0.1) is 0 Å². The molecule has 4 rings (SSSR count). The summed E-state index contributed by atoms with van der Waals surface area (Å²) in [5, 5.41) is 1.51. The van der Waals surface area contributed by atoms with Crippen molar-refractivity contribution in [2.75, 3.05) is 6.54 Å². The number of amides is 1. The predicted octanol–water partition coefficient (Wildman–Crippen LogP) is 3.82. The SMILES string of the molecule is CCc1ccc2c(CC(=O)N(CC)Cc3nc4ccccc4c(=O)[nH]3)coc2c1. The van der Waals surface area contributed by atoms with E-state index < -0.39 is 0 Å². The van der Waals surface area contributed by atoms with Gasteiger partial charge in [0.25, 0.3) is 5.56 Å². The van der Waals surface area contributed by atoms with Gasteiger partial charge in [0.2, 0.25) is 5.91 Å². The number of para-hydroxylation sites is 1. The van der Waals surface area contributed by atoms with Crippen molar-refractivity contribution in [3.05, 3.63) is 76.0 Å². The number of carbonyl (C=O) groups excluding carboxylic acids is 1. The highest BCUT2D eigenvalue weighted by Gasteiger charge is 2.17. The molecular formula is C23H23N3O3. The van der Waals surface area contributed by atoms with Crippen LogP contribution < -0.4 is 5.56 Å². The molecule has 29 heavy (non-hydrogen) atoms. The van der Waals surface area contributed by atoms with Crippen LogP contribution in [-0.4, -0.2) is 27.3 Å². The summed E-state index contributed by atoms with van der Waals surface area (Å²) < 4.78 is 5.66. The number of hydrogen-bond acceptors (Lipinski definition) is 4. The molecular weight excluding hydrogens is 366 g/mol. The smallest absolute Gasteiger partial charge is 0.258 e. The van der Waals surface area contributed by atoms with Gasteiger partial charge in [-0.3, -0.25) is 9.59 Å². The van der Waals surface area contributed by atoms with Crippen LogP contribution in [0.1, 0.15) is 30.8 Å². The number of aromatic nitrogens is 2. The van der Waals surface area contributed by atoms with Gasteiger partial charge in [0, 0.05) is 17.5 Å². The van der Waals surface area contributed by atoms with Gasteiger partial charge in [0.1, 0.15) is 11.4 Å². The number of carbonyl (C=O) groups is 1. The lowest BCUT2D eigenvalue weighted by molar-refractivity contribution is -0.131. The number of nitrogens with one attached hydrogen (secondary N) is 1. The van der Waals surface area contributed by atoms with Gasteiger partial charge in [0.05, 0.1) is 30.1 Å². The highest BCUT2D eigenvalue weighted by molar-refractivity contribution is 5.88. The number of fused-ring (bicyclic) bond motifs is 2. The van der Waals surface area contributed by atoms with E-state index in [0.717, 1.165) is 23.0 Å². The van der Waals surface area contributed by atoms with E-state index >= 15 is 0 Å². The summed E-state index contributed by atoms with van der Waals surface area (Å²) in [5.41, 5.74) is 3.30. The first-order chi connectivity index (χ1) is 14.1. The van der Waals surface area contributed by atoms with Gasteiger partial charge in [-0.2, -0.15) is 0 Å². The van der Waals surface area contributed by atoms with E-state index in [9.17, 15) is 9.59 Å². The Balaban J connectivity index is 1.55. The van der Waals surface area contributed by atoms with Crippen LogP contribution >= 0.6 is 0 Å². The van der Waals surface area contributed by atoms with Crippen molar-refractivity contribution in [2.45, 2.75) is 33.2 Å². The molecule has 6 nitrogen and oxygen atoms in total. The molecule has 0 atom stereocenters. The number of likely N-dealkylation sites (N-methyl/N-ethyl adjacent to an activating group) is 1. The Kier molecular flexibility index (Phi) is 5.16. The summed E-state index contributed by atoms with van der Waals surface area (Å²) in [6, 6.07) is 13.3. The van der Waals surface area contributed by atoms with Gasteiger partial charge in [-0.25, -0.2) is 4.98 Å². The zero-order chi connectivity index (χ0) is 20.4. The van der Waals surface area contributed by atoms with E-state index in [1.54, 1.807) is 29.4 Å². The fourth-order valence-corrected chi connectivity index (χ4v) is 3.53. The molecule has 2 aromatic heterocycles. The Morgan fingerprint density at radius 3 is 2.76 bits per heavy atom. The van der Waals surface area contributed by atoms with E-state index in [-0.39, 0.29) is 24.4 Å². The van der Waals surface area contributed by atoms with Crippen LogP contribution in [0.25, 0.3) is 21.9 Å². The van der Waals surface area contributed by atoms with Crippen LogP contribution in [0.5, 0.6) is 0 Å². The first-order valence-corrected chi connectivity index (χ1v) is 9.83. The molecule has 148 valence electrons. The summed E-state index contributed by atoms with van der Waals surface area (Å²) >= 11 is 0. The molecule has 0 saturated carbocycles. The largest absolute Gasteiger partial charge is 0.464 e. The van der Waals surface area contributed by atoms with E-state index in [0.29, 0.717) is 23.3 Å². The first kappa shape index (κ1) is 18.9. The van der Waals surface area contributed by atoms with Crippen molar-refractivity contribution in [3.63, 3.8) is 0 Å². The molecule has 0 bridgehead atoms. The van der Waals surface area contributed by atoms with Crippen molar-refractivity contribution < 1.29 is 9.21 Å². The number of furan rings is 1. The lowest BCUT2D eigenvalue weighted by Crippen LogP contribution is -2.33. The molecule has 0 fully saturated rings. The summed E-state index contributed by atoms with van der Waals surface area (Å²) in [6.07, 6.45) is 2.83. The summed E-state index contributed by atoms with van der Waals surface area (Å²) in [6.45, 7) is 4.78. The molecule has 2 aromatic carbocycles. The Morgan fingerprint density at radius 1 is 1.14 bits per heavy atom. The molecule has 0 aliphatic rings. The third kappa shape index (κ3) is 3.78. The second-order valence-electron chi connectivity index (χ2n) is 7.06. The molecule has 0 aliphatic heterocycles. The average Bonchev–Trinajstić information content (AvgIpc) is 3.13. The zero-order valence-electron chi connectivity index (χ0n) is 16.6. The second-order valence-corrected chi connectivity index (χ2v) is 7.06. The Morgan fingerprint density at radius 2 is 1.97 bits per heavy atom. The molecule has 0 spiro atoms. The number of rotatable bonds is 6. The predicted molar refractivity (Wildman–Crippen MR) is 113 cm³/mol. The zero-order valence-corrected chi connectivity index (χ0v) is 16.6. The fraction of sp³-hybridized carbons (Fsp3) is 0.261. The molecule has 0 aliphatic carbocycles. The normalized spacial score (nSPS) is 11.2. The van der Waals surface area contributed by atoms with Crippen LogP contribution in [0.15, 0.2) is 57.9 Å². The minimum absolute atomic E-state index is 0.0365. The minimum Gasteiger partial charge on any atom is -0.464 e. The van der Waals surface area contributed by atoms with E-state index in [4.69, 9.17) is 4.42 Å². The van der Waals surface area contributed by atoms with Gasteiger partial charge in [-0.1, -0.05) is 31.2 Å². The third-order valence-corrected chi connectivity index (χ3v) is 5.21. The van der Waals surface area contributed by atoms with Gasteiger partial charge in [-0.15, -0.1) is 0 Å². The first-order valence-electron chi connectivity index (χ1n) is 9.83. The molecule has 1 amide bonds. The van der Waals surface area contributed by atoms with E-state index in [1.807, 2.05) is 25.1 Å². The Bertz CT molecular complexity index is 1240. The topological polar surface area (TPSA) is 79.2 Å². The lowest BCUT2D eigenvalue weighted by atomic mass is 10.1. The Labute approximate surface area is 168 Å². The minimum atomic E-state index is -0.193. The van der Waals surface area contributed by atoms with E-state index in [1.165, 1.54) is 5.56 Å². The molecule has 6 heteroatoms. The van der Waals surface area contributed by atoms with E-state index in [2.05, 4.69) is 23.0 Å². The number of H-pyrrole nitrogens is 1. The van der Waals surface area contributed by atoms with Gasteiger partial charge in [-0.05, 0) is 37.1 Å².